The van der Waals surface area contributed by atoms with Crippen LogP contribution in [0.2, 0.25) is 0 Å². The number of ether oxygens (including phenoxy) is 2. The highest BCUT2D eigenvalue weighted by molar-refractivity contribution is 6.03. The fraction of sp³-hybridized carbons (Fsp3) is 0.621. The van der Waals surface area contributed by atoms with Crippen LogP contribution in [0.25, 0.3) is 0 Å². The van der Waals surface area contributed by atoms with Gasteiger partial charge >= 0.3 is 6.09 Å². The minimum Gasteiger partial charge on any atom is -0.497 e. The zero-order valence-corrected chi connectivity index (χ0v) is 22.0. The first kappa shape index (κ1) is 26.4. The molecule has 2 unspecified atom stereocenters. The van der Waals surface area contributed by atoms with Gasteiger partial charge in [0.1, 0.15) is 17.6 Å². The van der Waals surface area contributed by atoms with E-state index in [4.69, 9.17) is 9.47 Å². The molecular weight excluding hydrogens is 458 g/mol. The van der Waals surface area contributed by atoms with Crippen LogP contribution in [-0.4, -0.2) is 42.2 Å². The van der Waals surface area contributed by atoms with Gasteiger partial charge in [-0.3, -0.25) is 14.9 Å². The number of ketones is 1. The van der Waals surface area contributed by atoms with Gasteiger partial charge in [0.05, 0.1) is 13.2 Å². The van der Waals surface area contributed by atoms with E-state index in [2.05, 4.69) is 32.7 Å². The van der Waals surface area contributed by atoms with E-state index < -0.39 is 35.0 Å². The summed E-state index contributed by atoms with van der Waals surface area (Å²) in [7, 11) is 1.53. The maximum Gasteiger partial charge on any atom is 0.414 e. The number of aliphatic hydroxyl groups is 1. The number of carbonyl (C=O) groups excluding carboxylic acids is 3. The lowest BCUT2D eigenvalue weighted by molar-refractivity contribution is -0.191. The largest absolute Gasteiger partial charge is 0.497 e. The van der Waals surface area contributed by atoms with Crippen LogP contribution in [0.5, 0.6) is 5.75 Å². The van der Waals surface area contributed by atoms with Crippen molar-refractivity contribution in [2.45, 2.75) is 72.0 Å². The van der Waals surface area contributed by atoms with Crippen molar-refractivity contribution in [2.24, 2.45) is 34.0 Å². The Morgan fingerprint density at radius 2 is 1.83 bits per heavy atom. The molecule has 2 N–H and O–H groups in total. The van der Waals surface area contributed by atoms with Gasteiger partial charge < -0.3 is 14.6 Å². The van der Waals surface area contributed by atoms with E-state index in [1.54, 1.807) is 30.3 Å². The molecule has 7 heteroatoms. The molecule has 196 valence electrons. The van der Waals surface area contributed by atoms with Crippen molar-refractivity contribution in [3.8, 4) is 5.75 Å². The zero-order chi connectivity index (χ0) is 26.5. The summed E-state index contributed by atoms with van der Waals surface area (Å²) in [5, 5.41) is 13.9. The van der Waals surface area contributed by atoms with E-state index >= 15 is 0 Å². The molecule has 3 fully saturated rings. The molecule has 7 nitrogen and oxygen atoms in total. The second kappa shape index (κ2) is 9.33. The van der Waals surface area contributed by atoms with Crippen LogP contribution in [0, 0.1) is 34.0 Å². The Hall–Kier alpha value is -2.67. The summed E-state index contributed by atoms with van der Waals surface area (Å²) >= 11 is 0. The zero-order valence-electron chi connectivity index (χ0n) is 22.0. The molecule has 0 heterocycles. The van der Waals surface area contributed by atoms with Crippen molar-refractivity contribution in [3.05, 3.63) is 42.5 Å². The Labute approximate surface area is 213 Å². The van der Waals surface area contributed by atoms with Crippen LogP contribution in [-0.2, 0) is 9.53 Å². The van der Waals surface area contributed by atoms with E-state index in [1.165, 1.54) is 7.11 Å². The highest BCUT2D eigenvalue weighted by atomic mass is 16.6. The highest BCUT2D eigenvalue weighted by Crippen LogP contribution is 2.67. The average Bonchev–Trinajstić information content (AvgIpc) is 3.22. The first-order chi connectivity index (χ1) is 16.9. The first-order valence-corrected chi connectivity index (χ1v) is 12.9. The first-order valence-electron chi connectivity index (χ1n) is 12.9. The monoisotopic (exact) mass is 497 g/mol. The topological polar surface area (TPSA) is 102 Å². The normalized spacial score (nSPS) is 39.8. The van der Waals surface area contributed by atoms with Gasteiger partial charge in [-0.1, -0.05) is 33.8 Å². The number of rotatable bonds is 4. The SMILES string of the molecule is C=C[C@]1(C)C[C@@H](OC(=O)NC(=O)c2ccc(OC)cc2)[C@]2(C)C(C)CC[C@]3(CCC(=O)C32)[C@@H](C)[C@@H]1O. The maximum absolute atomic E-state index is 13.4. The van der Waals surface area contributed by atoms with Gasteiger partial charge in [0.15, 0.2) is 0 Å². The Kier molecular flexibility index (Phi) is 6.84. The summed E-state index contributed by atoms with van der Waals surface area (Å²) in [6.45, 7) is 12.2. The molecule has 0 radical (unpaired) electrons. The fourth-order valence-electron chi connectivity index (χ4n) is 7.57. The molecule has 3 aliphatic rings. The van der Waals surface area contributed by atoms with Crippen molar-refractivity contribution in [3.63, 3.8) is 0 Å². The Morgan fingerprint density at radius 1 is 1.17 bits per heavy atom. The van der Waals surface area contributed by atoms with E-state index in [9.17, 15) is 19.5 Å². The molecule has 8 atom stereocenters. The van der Waals surface area contributed by atoms with E-state index in [0.717, 1.165) is 19.3 Å². The Bertz CT molecular complexity index is 1050. The van der Waals surface area contributed by atoms with Gasteiger partial charge in [0, 0.05) is 28.7 Å². The van der Waals surface area contributed by atoms with Crippen LogP contribution in [0.15, 0.2) is 36.9 Å². The number of hydrogen-bond donors (Lipinski definition) is 2. The van der Waals surface area contributed by atoms with Crippen molar-refractivity contribution >= 4 is 17.8 Å². The van der Waals surface area contributed by atoms with Crippen LogP contribution < -0.4 is 10.1 Å². The van der Waals surface area contributed by atoms with E-state index in [0.29, 0.717) is 24.2 Å². The minimum atomic E-state index is -0.856. The third-order valence-electron chi connectivity index (χ3n) is 10.1. The van der Waals surface area contributed by atoms with Gasteiger partial charge in [-0.15, -0.1) is 6.58 Å². The van der Waals surface area contributed by atoms with Gasteiger partial charge in [0.25, 0.3) is 5.91 Å². The lowest BCUT2D eigenvalue weighted by Crippen LogP contribution is -2.63. The Balaban J connectivity index is 1.68. The highest BCUT2D eigenvalue weighted by Gasteiger charge is 2.68. The maximum atomic E-state index is 13.4. The van der Waals surface area contributed by atoms with Gasteiger partial charge in [-0.25, -0.2) is 4.79 Å². The van der Waals surface area contributed by atoms with E-state index in [1.807, 2.05) is 6.92 Å². The van der Waals surface area contributed by atoms with Crippen molar-refractivity contribution < 1.29 is 29.0 Å². The van der Waals surface area contributed by atoms with Crippen LogP contribution in [0.1, 0.15) is 70.2 Å². The van der Waals surface area contributed by atoms with Crippen molar-refractivity contribution in [2.75, 3.05) is 7.11 Å². The summed E-state index contributed by atoms with van der Waals surface area (Å²) in [5.74, 6) is -0.0956. The molecule has 1 aromatic rings. The predicted octanol–water partition coefficient (Wildman–Crippen LogP) is 4.92. The minimum absolute atomic E-state index is 0.102. The number of aliphatic hydroxyl groups excluding tert-OH is 1. The van der Waals surface area contributed by atoms with Crippen LogP contribution >= 0.6 is 0 Å². The molecule has 3 saturated carbocycles. The number of benzene rings is 1. The smallest absolute Gasteiger partial charge is 0.414 e. The van der Waals surface area contributed by atoms with Crippen molar-refractivity contribution in [1.82, 2.24) is 5.32 Å². The number of alkyl carbamates (subject to hydrolysis) is 1. The quantitative estimate of drug-likeness (QED) is 0.572. The van der Waals surface area contributed by atoms with Crippen LogP contribution in [0.4, 0.5) is 4.79 Å². The molecule has 0 saturated heterocycles. The number of imide groups is 1. The van der Waals surface area contributed by atoms with E-state index in [-0.39, 0.29) is 29.0 Å². The second-order valence-corrected chi connectivity index (χ2v) is 11.7. The number of hydrogen-bond acceptors (Lipinski definition) is 6. The average molecular weight is 498 g/mol. The molecule has 0 aliphatic heterocycles. The molecule has 4 rings (SSSR count). The second-order valence-electron chi connectivity index (χ2n) is 11.7. The van der Waals surface area contributed by atoms with Gasteiger partial charge in [0.2, 0.25) is 0 Å². The van der Waals surface area contributed by atoms with Gasteiger partial charge in [-0.05, 0) is 67.2 Å². The Morgan fingerprint density at radius 3 is 2.44 bits per heavy atom. The third kappa shape index (κ3) is 3.96. The molecule has 2 amide bonds. The molecule has 3 aliphatic carbocycles. The summed E-state index contributed by atoms with van der Waals surface area (Å²) in [5.41, 5.74) is -1.41. The fourth-order valence-corrected chi connectivity index (χ4v) is 7.57. The molecule has 1 aromatic carbocycles. The third-order valence-corrected chi connectivity index (χ3v) is 10.1. The summed E-state index contributed by atoms with van der Waals surface area (Å²) in [6, 6.07) is 6.42. The number of nitrogens with one attached hydrogen (secondary N) is 1. The standard InChI is InChI=1S/C29H39NO6/c1-7-27(4)16-22(36-26(34)30-25(33)19-8-10-20(35-6)11-9-19)28(5)17(2)12-14-29(18(3)24(27)32)15-13-21(31)23(28)29/h7-11,17-18,22-24,32H,1,12-16H2,2-6H3,(H,30,33,34)/t17?,18-,22+,23?,24-,27+,28-,29-/m0/s1. The summed E-state index contributed by atoms with van der Waals surface area (Å²) in [4.78, 5) is 39.3. The molecule has 36 heavy (non-hydrogen) atoms. The summed E-state index contributed by atoms with van der Waals surface area (Å²) in [6.07, 6.45) is 2.74. The summed E-state index contributed by atoms with van der Waals surface area (Å²) < 4.78 is 11.2. The lowest BCUT2D eigenvalue weighted by atomic mass is 9.44. The van der Waals surface area contributed by atoms with Gasteiger partial charge in [-0.2, -0.15) is 0 Å². The lowest BCUT2D eigenvalue weighted by Gasteiger charge is -2.61. The predicted molar refractivity (Wildman–Crippen MR) is 135 cm³/mol. The number of amides is 2. The number of methoxy groups -OCH3 is 1. The number of Topliss-reactive ketones (excluding diaryl/α,β-unsaturated/α-hetero) is 1. The number of carbonyl (C=O) groups is 3. The molecule has 0 aromatic heterocycles. The molecular formula is C29H39NO6. The van der Waals surface area contributed by atoms with Crippen molar-refractivity contribution in [1.29, 1.82) is 0 Å². The molecule has 2 bridgehead atoms. The van der Waals surface area contributed by atoms with Crippen LogP contribution in [0.3, 0.4) is 0 Å². The molecule has 0 spiro atoms.